The van der Waals surface area contributed by atoms with Crippen molar-refractivity contribution >= 4 is 27.5 Å². The fourth-order valence-corrected chi connectivity index (χ4v) is 2.38. The number of benzene rings is 1. The van der Waals surface area contributed by atoms with Gasteiger partial charge in [0.25, 0.3) is 0 Å². The second kappa shape index (κ2) is 7.76. The number of unbranched alkanes of at least 4 members (excludes halogenated alkanes) is 3. The number of halogens is 2. The van der Waals surface area contributed by atoms with Gasteiger partial charge < -0.3 is 10.3 Å². The van der Waals surface area contributed by atoms with Crippen molar-refractivity contribution < 1.29 is 4.52 Å². The highest BCUT2D eigenvalue weighted by Gasteiger charge is 2.09. The van der Waals surface area contributed by atoms with E-state index in [2.05, 4.69) is 26.1 Å². The Labute approximate surface area is 131 Å². The largest absolute Gasteiger partial charge is 0.339 e. The number of aromatic nitrogens is 2. The predicted molar refractivity (Wildman–Crippen MR) is 83.7 cm³/mol. The lowest BCUT2D eigenvalue weighted by molar-refractivity contribution is 0.374. The summed E-state index contributed by atoms with van der Waals surface area (Å²) in [6.45, 7) is 0.760. The maximum atomic E-state index is 5.96. The second-order valence-corrected chi connectivity index (χ2v) is 5.86. The van der Waals surface area contributed by atoms with Crippen LogP contribution < -0.4 is 5.73 Å². The summed E-state index contributed by atoms with van der Waals surface area (Å²) in [7, 11) is 0. The Morgan fingerprint density at radius 3 is 2.75 bits per heavy atom. The summed E-state index contributed by atoms with van der Waals surface area (Å²) in [4.78, 5) is 4.40. The van der Waals surface area contributed by atoms with Crippen LogP contribution in [0.2, 0.25) is 5.02 Å². The van der Waals surface area contributed by atoms with Crippen molar-refractivity contribution in [2.24, 2.45) is 5.73 Å². The molecule has 108 valence electrons. The highest BCUT2D eigenvalue weighted by atomic mass is 79.9. The molecule has 1 heterocycles. The standard InChI is InChI=1S/C14H17BrClN3O/c15-11-9-10(6-7-12(11)16)14-18-13(20-19-14)5-3-1-2-4-8-17/h6-7,9H,1-5,8,17H2. The molecule has 0 aliphatic carbocycles. The Morgan fingerprint density at radius 1 is 1.20 bits per heavy atom. The summed E-state index contributed by atoms with van der Waals surface area (Å²) in [5, 5.41) is 4.67. The monoisotopic (exact) mass is 357 g/mol. The van der Waals surface area contributed by atoms with Crippen molar-refractivity contribution in [2.75, 3.05) is 6.54 Å². The SMILES string of the molecule is NCCCCCCc1nc(-c2ccc(Cl)c(Br)c2)no1. The van der Waals surface area contributed by atoms with E-state index in [1.54, 1.807) is 0 Å². The Balaban J connectivity index is 1.93. The lowest BCUT2D eigenvalue weighted by Gasteiger charge is -1.98. The predicted octanol–water partition coefficient (Wildman–Crippen LogP) is 4.21. The summed E-state index contributed by atoms with van der Waals surface area (Å²) >= 11 is 9.35. The molecule has 0 unspecified atom stereocenters. The number of nitrogens with zero attached hydrogens (tertiary/aromatic N) is 2. The van der Waals surface area contributed by atoms with Gasteiger partial charge in [0.2, 0.25) is 11.7 Å². The molecule has 0 amide bonds. The minimum atomic E-state index is 0.597. The summed E-state index contributed by atoms with van der Waals surface area (Å²) in [6.07, 6.45) is 5.23. The number of rotatable bonds is 7. The van der Waals surface area contributed by atoms with Crippen LogP contribution in [0.25, 0.3) is 11.4 Å². The van der Waals surface area contributed by atoms with E-state index in [1.165, 1.54) is 0 Å². The molecule has 2 aromatic rings. The molecular formula is C14H17BrClN3O. The Morgan fingerprint density at radius 2 is 2.00 bits per heavy atom. The van der Waals surface area contributed by atoms with Crippen LogP contribution in [0.15, 0.2) is 27.2 Å². The zero-order valence-electron chi connectivity index (χ0n) is 11.1. The van der Waals surface area contributed by atoms with Crippen molar-refractivity contribution in [3.8, 4) is 11.4 Å². The van der Waals surface area contributed by atoms with Crippen molar-refractivity contribution in [1.82, 2.24) is 10.1 Å². The minimum absolute atomic E-state index is 0.597. The lowest BCUT2D eigenvalue weighted by atomic mass is 10.1. The third-order valence-corrected chi connectivity index (χ3v) is 4.20. The fraction of sp³-hybridized carbons (Fsp3) is 0.429. The maximum absolute atomic E-state index is 5.96. The first-order valence-electron chi connectivity index (χ1n) is 6.69. The van der Waals surface area contributed by atoms with E-state index in [4.69, 9.17) is 21.9 Å². The Kier molecular flexibility index (Phi) is 6.01. The molecule has 0 bridgehead atoms. The van der Waals surface area contributed by atoms with E-state index in [0.29, 0.717) is 16.7 Å². The molecule has 0 saturated carbocycles. The van der Waals surface area contributed by atoms with Crippen LogP contribution >= 0.6 is 27.5 Å². The first-order chi connectivity index (χ1) is 9.70. The van der Waals surface area contributed by atoms with Crippen molar-refractivity contribution in [3.63, 3.8) is 0 Å². The van der Waals surface area contributed by atoms with Crippen LogP contribution in [-0.4, -0.2) is 16.7 Å². The third-order valence-electron chi connectivity index (χ3n) is 2.99. The molecule has 1 aromatic carbocycles. The van der Waals surface area contributed by atoms with E-state index >= 15 is 0 Å². The maximum Gasteiger partial charge on any atom is 0.226 e. The van der Waals surface area contributed by atoms with E-state index in [1.807, 2.05) is 18.2 Å². The molecule has 2 N–H and O–H groups in total. The van der Waals surface area contributed by atoms with Gasteiger partial charge in [-0.15, -0.1) is 0 Å². The summed E-state index contributed by atoms with van der Waals surface area (Å²) in [6, 6.07) is 5.57. The molecule has 0 atom stereocenters. The van der Waals surface area contributed by atoms with Crippen LogP contribution in [-0.2, 0) is 6.42 Å². The van der Waals surface area contributed by atoms with Crippen molar-refractivity contribution in [2.45, 2.75) is 32.1 Å². The summed E-state index contributed by atoms with van der Waals surface area (Å²) in [5.41, 5.74) is 6.35. The van der Waals surface area contributed by atoms with Gasteiger partial charge in [0.05, 0.1) is 5.02 Å². The number of hydrogen-bond donors (Lipinski definition) is 1. The molecule has 0 radical (unpaired) electrons. The topological polar surface area (TPSA) is 64.9 Å². The molecule has 0 aliphatic heterocycles. The first kappa shape index (κ1) is 15.5. The van der Waals surface area contributed by atoms with Gasteiger partial charge in [-0.3, -0.25) is 0 Å². The molecule has 4 nitrogen and oxygen atoms in total. The second-order valence-electron chi connectivity index (χ2n) is 4.59. The summed E-state index contributed by atoms with van der Waals surface area (Å²) in [5.74, 6) is 1.28. The smallest absolute Gasteiger partial charge is 0.226 e. The zero-order valence-corrected chi connectivity index (χ0v) is 13.5. The van der Waals surface area contributed by atoms with E-state index in [9.17, 15) is 0 Å². The minimum Gasteiger partial charge on any atom is -0.339 e. The third kappa shape index (κ3) is 4.30. The highest BCUT2D eigenvalue weighted by molar-refractivity contribution is 9.10. The molecule has 0 aliphatic rings. The zero-order chi connectivity index (χ0) is 14.4. The van der Waals surface area contributed by atoms with Crippen molar-refractivity contribution in [3.05, 3.63) is 33.6 Å². The Bertz CT molecular complexity index is 559. The van der Waals surface area contributed by atoms with Crippen LogP contribution in [0.3, 0.4) is 0 Å². The molecule has 2 rings (SSSR count). The number of nitrogens with two attached hydrogens (primary N) is 1. The normalized spacial score (nSPS) is 10.9. The highest BCUT2D eigenvalue weighted by Crippen LogP contribution is 2.27. The van der Waals surface area contributed by atoms with Crippen molar-refractivity contribution in [1.29, 1.82) is 0 Å². The Hall–Kier alpha value is -0.910. The van der Waals surface area contributed by atoms with Crippen LogP contribution in [0.5, 0.6) is 0 Å². The summed E-state index contributed by atoms with van der Waals surface area (Å²) < 4.78 is 6.09. The van der Waals surface area contributed by atoms with Gasteiger partial charge in [0, 0.05) is 16.5 Å². The first-order valence-corrected chi connectivity index (χ1v) is 7.86. The number of aryl methyl sites for hydroxylation is 1. The average Bonchev–Trinajstić information content (AvgIpc) is 2.90. The molecule has 1 aromatic heterocycles. The fourth-order valence-electron chi connectivity index (χ4n) is 1.88. The van der Waals surface area contributed by atoms with E-state index < -0.39 is 0 Å². The van der Waals surface area contributed by atoms with Gasteiger partial charge in [-0.2, -0.15) is 4.98 Å². The van der Waals surface area contributed by atoms with Gasteiger partial charge in [-0.05, 0) is 53.5 Å². The van der Waals surface area contributed by atoms with Crippen LogP contribution in [0.4, 0.5) is 0 Å². The van der Waals surface area contributed by atoms with Gasteiger partial charge in [0.15, 0.2) is 0 Å². The quantitative estimate of drug-likeness (QED) is 0.753. The molecule has 6 heteroatoms. The lowest BCUT2D eigenvalue weighted by Crippen LogP contribution is -1.97. The molecule has 20 heavy (non-hydrogen) atoms. The van der Waals surface area contributed by atoms with Gasteiger partial charge in [-0.1, -0.05) is 29.6 Å². The molecule has 0 saturated heterocycles. The molecule has 0 fully saturated rings. The van der Waals surface area contributed by atoms with Gasteiger partial charge in [0.1, 0.15) is 0 Å². The van der Waals surface area contributed by atoms with Crippen LogP contribution in [0, 0.1) is 0 Å². The number of hydrogen-bond acceptors (Lipinski definition) is 4. The van der Waals surface area contributed by atoms with Gasteiger partial charge in [-0.25, -0.2) is 0 Å². The van der Waals surface area contributed by atoms with Gasteiger partial charge >= 0.3 is 0 Å². The molecule has 0 spiro atoms. The molecular weight excluding hydrogens is 342 g/mol. The van der Waals surface area contributed by atoms with E-state index in [-0.39, 0.29) is 0 Å². The van der Waals surface area contributed by atoms with E-state index in [0.717, 1.165) is 48.7 Å². The average molecular weight is 359 g/mol. The van der Waals surface area contributed by atoms with Crippen LogP contribution in [0.1, 0.15) is 31.6 Å².